The van der Waals surface area contributed by atoms with Gasteiger partial charge in [0.25, 0.3) is 0 Å². The average molecular weight is 332 g/mol. The highest BCUT2D eigenvalue weighted by Gasteiger charge is 1.94. The topological polar surface area (TPSA) is 46.2 Å². The van der Waals surface area contributed by atoms with Crippen molar-refractivity contribution >= 4 is 0 Å². The van der Waals surface area contributed by atoms with Crippen LogP contribution in [0.25, 0.3) is 0 Å². The van der Waals surface area contributed by atoms with Crippen LogP contribution in [0.5, 0.6) is 0 Å². The SMILES string of the molecule is C=COCCOCCOCCOCCOCCCCCCCC. The Balaban J connectivity index is 2.93. The van der Waals surface area contributed by atoms with Crippen LogP contribution < -0.4 is 0 Å². The van der Waals surface area contributed by atoms with Gasteiger partial charge in [0.05, 0.1) is 52.5 Å². The third-order valence-electron chi connectivity index (χ3n) is 3.22. The number of hydrogen-bond acceptors (Lipinski definition) is 5. The molecule has 0 saturated carbocycles. The Bertz CT molecular complexity index is 223. The molecule has 5 nitrogen and oxygen atoms in total. The summed E-state index contributed by atoms with van der Waals surface area (Å²) in [7, 11) is 0. The number of ether oxygens (including phenoxy) is 5. The predicted octanol–water partition coefficient (Wildman–Crippen LogP) is 3.57. The van der Waals surface area contributed by atoms with Gasteiger partial charge >= 0.3 is 0 Å². The van der Waals surface area contributed by atoms with Gasteiger partial charge in [-0.25, -0.2) is 0 Å². The Labute approximate surface area is 142 Å². The largest absolute Gasteiger partial charge is 0.499 e. The van der Waals surface area contributed by atoms with Crippen LogP contribution in [0.15, 0.2) is 12.8 Å². The van der Waals surface area contributed by atoms with Crippen LogP contribution in [0.1, 0.15) is 45.4 Å². The van der Waals surface area contributed by atoms with Crippen LogP contribution in [0, 0.1) is 0 Å². The molecule has 138 valence electrons. The van der Waals surface area contributed by atoms with Crippen molar-refractivity contribution in [2.45, 2.75) is 45.4 Å². The van der Waals surface area contributed by atoms with Crippen LogP contribution in [0.4, 0.5) is 0 Å². The van der Waals surface area contributed by atoms with E-state index in [9.17, 15) is 0 Å². The van der Waals surface area contributed by atoms with E-state index in [1.807, 2.05) is 0 Å². The third kappa shape index (κ3) is 21.4. The van der Waals surface area contributed by atoms with Crippen molar-refractivity contribution < 1.29 is 23.7 Å². The van der Waals surface area contributed by atoms with Gasteiger partial charge in [0.15, 0.2) is 0 Å². The lowest BCUT2D eigenvalue weighted by molar-refractivity contribution is -0.00638. The summed E-state index contributed by atoms with van der Waals surface area (Å²) in [5.74, 6) is 0. The van der Waals surface area contributed by atoms with Gasteiger partial charge in [0.1, 0.15) is 6.61 Å². The molecule has 0 atom stereocenters. The first-order valence-electron chi connectivity index (χ1n) is 8.95. The summed E-state index contributed by atoms with van der Waals surface area (Å²) in [6, 6.07) is 0. The zero-order valence-corrected chi connectivity index (χ0v) is 14.9. The van der Waals surface area contributed by atoms with E-state index in [-0.39, 0.29) is 0 Å². The van der Waals surface area contributed by atoms with Gasteiger partial charge in [-0.1, -0.05) is 45.6 Å². The molecule has 0 radical (unpaired) electrons. The number of hydrogen-bond donors (Lipinski definition) is 0. The monoisotopic (exact) mass is 332 g/mol. The second-order valence-electron chi connectivity index (χ2n) is 5.25. The van der Waals surface area contributed by atoms with Gasteiger partial charge in [-0.3, -0.25) is 0 Å². The van der Waals surface area contributed by atoms with Crippen molar-refractivity contribution in [1.29, 1.82) is 0 Å². The molecule has 0 aromatic heterocycles. The summed E-state index contributed by atoms with van der Waals surface area (Å²) >= 11 is 0. The van der Waals surface area contributed by atoms with Gasteiger partial charge in [-0.15, -0.1) is 0 Å². The predicted molar refractivity (Wildman–Crippen MR) is 92.8 cm³/mol. The summed E-state index contributed by atoms with van der Waals surface area (Å²) in [6.07, 6.45) is 9.18. The van der Waals surface area contributed by atoms with Crippen molar-refractivity contribution in [3.63, 3.8) is 0 Å². The molecule has 0 aliphatic carbocycles. The lowest BCUT2D eigenvalue weighted by atomic mass is 10.1. The molecule has 0 aromatic carbocycles. The molecule has 0 N–H and O–H groups in total. The second-order valence-corrected chi connectivity index (χ2v) is 5.25. The Kier molecular flexibility index (Phi) is 20.8. The number of rotatable bonds is 20. The van der Waals surface area contributed by atoms with Crippen molar-refractivity contribution in [3.05, 3.63) is 12.8 Å². The Morgan fingerprint density at radius 1 is 0.565 bits per heavy atom. The zero-order chi connectivity index (χ0) is 16.8. The maximum Gasteiger partial charge on any atom is 0.111 e. The van der Waals surface area contributed by atoms with E-state index in [2.05, 4.69) is 13.5 Å². The average Bonchev–Trinajstić information content (AvgIpc) is 2.57. The van der Waals surface area contributed by atoms with Crippen molar-refractivity contribution in [2.24, 2.45) is 0 Å². The fourth-order valence-electron chi connectivity index (χ4n) is 1.94. The van der Waals surface area contributed by atoms with E-state index in [1.165, 1.54) is 38.4 Å². The molecular weight excluding hydrogens is 296 g/mol. The molecule has 0 amide bonds. The lowest BCUT2D eigenvalue weighted by Gasteiger charge is -2.07. The zero-order valence-electron chi connectivity index (χ0n) is 14.9. The molecule has 0 bridgehead atoms. The highest BCUT2D eigenvalue weighted by atomic mass is 16.6. The van der Waals surface area contributed by atoms with Crippen LogP contribution in [-0.2, 0) is 23.7 Å². The lowest BCUT2D eigenvalue weighted by Crippen LogP contribution is -2.13. The Morgan fingerprint density at radius 3 is 1.52 bits per heavy atom. The van der Waals surface area contributed by atoms with Crippen molar-refractivity contribution in [1.82, 2.24) is 0 Å². The Hall–Kier alpha value is -0.620. The smallest absolute Gasteiger partial charge is 0.111 e. The molecule has 0 heterocycles. The van der Waals surface area contributed by atoms with Crippen molar-refractivity contribution in [2.75, 3.05) is 59.5 Å². The number of unbranched alkanes of at least 4 members (excludes halogenated alkanes) is 5. The maximum atomic E-state index is 5.53. The van der Waals surface area contributed by atoms with Crippen LogP contribution in [-0.4, -0.2) is 59.5 Å². The van der Waals surface area contributed by atoms with Gasteiger partial charge < -0.3 is 23.7 Å². The summed E-state index contributed by atoms with van der Waals surface area (Å²) in [5.41, 5.74) is 0. The van der Waals surface area contributed by atoms with Crippen molar-refractivity contribution in [3.8, 4) is 0 Å². The second kappa shape index (κ2) is 21.4. The minimum absolute atomic E-state index is 0.533. The third-order valence-corrected chi connectivity index (χ3v) is 3.22. The normalized spacial score (nSPS) is 10.8. The first-order valence-corrected chi connectivity index (χ1v) is 8.95. The highest BCUT2D eigenvalue weighted by Crippen LogP contribution is 2.04. The molecule has 5 heteroatoms. The highest BCUT2D eigenvalue weighted by molar-refractivity contribution is 4.47. The summed E-state index contributed by atoms with van der Waals surface area (Å²) < 4.78 is 26.6. The van der Waals surface area contributed by atoms with E-state index >= 15 is 0 Å². The molecule has 23 heavy (non-hydrogen) atoms. The molecule has 0 aromatic rings. The van der Waals surface area contributed by atoms with Gasteiger partial charge in [0, 0.05) is 6.61 Å². The fraction of sp³-hybridized carbons (Fsp3) is 0.889. The summed E-state index contributed by atoms with van der Waals surface area (Å²) in [5, 5.41) is 0. The van der Waals surface area contributed by atoms with Gasteiger partial charge in [-0.05, 0) is 6.42 Å². The standard InChI is InChI=1S/C18H36O5/c1-3-5-6-7-8-9-10-20-13-14-22-17-18-23-16-15-21-12-11-19-4-2/h4H,2-3,5-18H2,1H3. The van der Waals surface area contributed by atoms with E-state index < -0.39 is 0 Å². The summed E-state index contributed by atoms with van der Waals surface area (Å²) in [4.78, 5) is 0. The molecule has 0 saturated heterocycles. The molecular formula is C18H36O5. The summed E-state index contributed by atoms with van der Waals surface area (Å²) in [6.45, 7) is 11.3. The minimum atomic E-state index is 0.533. The molecule has 0 spiro atoms. The molecule has 0 unspecified atom stereocenters. The minimum Gasteiger partial charge on any atom is -0.499 e. The Morgan fingerprint density at radius 2 is 1.00 bits per heavy atom. The molecule has 0 fully saturated rings. The first-order chi connectivity index (χ1) is 11.4. The van der Waals surface area contributed by atoms with Crippen LogP contribution in [0.3, 0.4) is 0 Å². The molecule has 0 aliphatic rings. The molecule has 0 aliphatic heterocycles. The first kappa shape index (κ1) is 22.4. The van der Waals surface area contributed by atoms with E-state index in [0.29, 0.717) is 52.9 Å². The van der Waals surface area contributed by atoms with E-state index in [0.717, 1.165) is 13.0 Å². The van der Waals surface area contributed by atoms with Gasteiger partial charge in [-0.2, -0.15) is 0 Å². The maximum absolute atomic E-state index is 5.53. The molecule has 0 rings (SSSR count). The quantitative estimate of drug-likeness (QED) is 0.252. The van der Waals surface area contributed by atoms with Crippen LogP contribution in [0.2, 0.25) is 0 Å². The fourth-order valence-corrected chi connectivity index (χ4v) is 1.94. The van der Waals surface area contributed by atoms with E-state index in [1.54, 1.807) is 0 Å². The van der Waals surface area contributed by atoms with Gasteiger partial charge in [0.2, 0.25) is 0 Å². The van der Waals surface area contributed by atoms with Crippen LogP contribution >= 0.6 is 0 Å². The van der Waals surface area contributed by atoms with E-state index in [4.69, 9.17) is 23.7 Å².